The first-order chi connectivity index (χ1) is 15.9. The maximum absolute atomic E-state index is 13.6. The Labute approximate surface area is 193 Å². The van der Waals surface area contributed by atoms with E-state index in [9.17, 15) is 13.2 Å². The molecule has 0 N–H and O–H groups in total. The van der Waals surface area contributed by atoms with Crippen molar-refractivity contribution in [1.29, 1.82) is 0 Å². The van der Waals surface area contributed by atoms with E-state index in [-0.39, 0.29) is 35.1 Å². The predicted octanol–water partition coefficient (Wildman–Crippen LogP) is 2.83. The molecule has 178 valence electrons. The van der Waals surface area contributed by atoms with E-state index in [1.54, 1.807) is 13.8 Å². The number of ether oxygens (including phenoxy) is 2. The van der Waals surface area contributed by atoms with Crippen LogP contribution in [0.4, 0.5) is 0 Å². The number of sulfonamides is 1. The Hall–Kier alpha value is -2.59. The molecule has 3 aliphatic heterocycles. The van der Waals surface area contributed by atoms with Crippen LogP contribution in [-0.4, -0.2) is 61.5 Å². The molecule has 2 fully saturated rings. The van der Waals surface area contributed by atoms with Crippen molar-refractivity contribution in [2.45, 2.75) is 50.5 Å². The van der Waals surface area contributed by atoms with Crippen molar-refractivity contribution in [1.82, 2.24) is 14.4 Å². The summed E-state index contributed by atoms with van der Waals surface area (Å²) >= 11 is 0. The maximum Gasteiger partial charge on any atom is 0.248 e. The van der Waals surface area contributed by atoms with E-state index in [4.69, 9.17) is 14.0 Å². The van der Waals surface area contributed by atoms with E-state index in [0.717, 1.165) is 24.2 Å². The van der Waals surface area contributed by atoms with Crippen molar-refractivity contribution in [2.75, 3.05) is 32.8 Å². The molecule has 2 aromatic rings. The van der Waals surface area contributed by atoms with Gasteiger partial charge in [-0.25, -0.2) is 8.42 Å². The summed E-state index contributed by atoms with van der Waals surface area (Å²) in [5, 5.41) is 3.79. The van der Waals surface area contributed by atoms with E-state index < -0.39 is 10.0 Å². The highest BCUT2D eigenvalue weighted by atomic mass is 32.2. The van der Waals surface area contributed by atoms with Gasteiger partial charge in [0.05, 0.1) is 12.0 Å². The van der Waals surface area contributed by atoms with Gasteiger partial charge in [-0.3, -0.25) is 4.79 Å². The molecule has 1 aromatic carbocycles. The fourth-order valence-electron chi connectivity index (χ4n) is 5.21. The minimum Gasteiger partial charge on any atom is -0.486 e. The number of aryl methyl sites for hydroxylation is 2. The standard InChI is InChI=1S/C23H29N3O6S/c1-15-22(16(2)32-24-15)33(28,29)25-9-3-5-18(14-25)23(27)26-10-4-6-19(26)17-7-8-20-21(13-17)31-12-11-30-20/h7-8,13,18-19H,3-6,9-12,14H2,1-2H3. The van der Waals surface area contributed by atoms with Gasteiger partial charge in [-0.15, -0.1) is 0 Å². The molecule has 2 unspecified atom stereocenters. The van der Waals surface area contributed by atoms with Gasteiger partial charge in [-0.2, -0.15) is 4.31 Å². The number of aromatic nitrogens is 1. The summed E-state index contributed by atoms with van der Waals surface area (Å²) in [6.07, 6.45) is 3.11. The van der Waals surface area contributed by atoms with Gasteiger partial charge < -0.3 is 18.9 Å². The van der Waals surface area contributed by atoms with Gasteiger partial charge in [-0.1, -0.05) is 11.2 Å². The zero-order valence-corrected chi connectivity index (χ0v) is 19.8. The molecule has 0 spiro atoms. The molecule has 1 amide bonds. The number of piperidine rings is 1. The molecule has 0 saturated carbocycles. The summed E-state index contributed by atoms with van der Waals surface area (Å²) in [6, 6.07) is 5.84. The second kappa shape index (κ2) is 8.64. The number of carbonyl (C=O) groups excluding carboxylic acids is 1. The Morgan fingerprint density at radius 2 is 1.82 bits per heavy atom. The lowest BCUT2D eigenvalue weighted by Gasteiger charge is -2.35. The van der Waals surface area contributed by atoms with Crippen LogP contribution in [-0.2, 0) is 14.8 Å². The normalized spacial score (nSPS) is 23.6. The molecule has 9 nitrogen and oxygen atoms in total. The summed E-state index contributed by atoms with van der Waals surface area (Å²) < 4.78 is 44.4. The van der Waals surface area contributed by atoms with E-state index in [1.165, 1.54) is 4.31 Å². The van der Waals surface area contributed by atoms with Gasteiger partial charge in [0.2, 0.25) is 15.9 Å². The van der Waals surface area contributed by atoms with E-state index >= 15 is 0 Å². The van der Waals surface area contributed by atoms with Crippen LogP contribution in [0.2, 0.25) is 0 Å². The Kier molecular flexibility index (Phi) is 5.82. The molecule has 0 radical (unpaired) electrons. The highest BCUT2D eigenvalue weighted by Crippen LogP contribution is 2.39. The SMILES string of the molecule is Cc1noc(C)c1S(=O)(=O)N1CCCC(C(=O)N2CCCC2c2ccc3c(c2)OCCO3)C1. The van der Waals surface area contributed by atoms with E-state index in [1.807, 2.05) is 23.1 Å². The maximum atomic E-state index is 13.6. The first-order valence-corrected chi connectivity index (χ1v) is 12.9. The third kappa shape index (κ3) is 3.99. The van der Waals surface area contributed by atoms with Crippen molar-refractivity contribution in [2.24, 2.45) is 5.92 Å². The highest BCUT2D eigenvalue weighted by Gasteiger charge is 2.40. The monoisotopic (exact) mass is 475 g/mol. The highest BCUT2D eigenvalue weighted by molar-refractivity contribution is 7.89. The smallest absolute Gasteiger partial charge is 0.248 e. The summed E-state index contributed by atoms with van der Waals surface area (Å²) in [7, 11) is -3.77. The zero-order chi connectivity index (χ0) is 23.2. The second-order valence-corrected chi connectivity index (χ2v) is 10.8. The number of hydrogen-bond acceptors (Lipinski definition) is 7. The number of amides is 1. The molecule has 33 heavy (non-hydrogen) atoms. The van der Waals surface area contributed by atoms with Crippen LogP contribution in [0.5, 0.6) is 11.5 Å². The third-order valence-electron chi connectivity index (χ3n) is 6.79. The average molecular weight is 476 g/mol. The van der Waals surface area contributed by atoms with Crippen LogP contribution in [0.25, 0.3) is 0 Å². The molecule has 10 heteroatoms. The number of hydrogen-bond donors (Lipinski definition) is 0. The summed E-state index contributed by atoms with van der Waals surface area (Å²) in [4.78, 5) is 15.6. The van der Waals surface area contributed by atoms with Crippen molar-refractivity contribution in [3.05, 3.63) is 35.2 Å². The quantitative estimate of drug-likeness (QED) is 0.670. The van der Waals surface area contributed by atoms with Gasteiger partial charge in [0.15, 0.2) is 17.3 Å². The summed E-state index contributed by atoms with van der Waals surface area (Å²) in [6.45, 7) is 5.51. The number of rotatable bonds is 4. The topological polar surface area (TPSA) is 102 Å². The molecule has 2 atom stereocenters. The first kappa shape index (κ1) is 22.2. The van der Waals surface area contributed by atoms with Gasteiger partial charge in [0.1, 0.15) is 23.8 Å². The van der Waals surface area contributed by atoms with Crippen LogP contribution in [0, 0.1) is 19.8 Å². The fourth-order valence-corrected chi connectivity index (χ4v) is 7.03. The van der Waals surface area contributed by atoms with E-state index in [0.29, 0.717) is 50.6 Å². The Bertz CT molecular complexity index is 1140. The molecule has 4 heterocycles. The van der Waals surface area contributed by atoms with Gasteiger partial charge in [0.25, 0.3) is 0 Å². The fraction of sp³-hybridized carbons (Fsp3) is 0.565. The number of benzene rings is 1. The van der Waals surface area contributed by atoms with Crippen LogP contribution >= 0.6 is 0 Å². The number of likely N-dealkylation sites (tertiary alicyclic amines) is 1. The van der Waals surface area contributed by atoms with Crippen LogP contribution < -0.4 is 9.47 Å². The minimum atomic E-state index is -3.77. The molecular weight excluding hydrogens is 446 g/mol. The third-order valence-corrected chi connectivity index (χ3v) is 8.90. The van der Waals surface area contributed by atoms with E-state index in [2.05, 4.69) is 5.16 Å². The molecule has 3 aliphatic rings. The van der Waals surface area contributed by atoms with Crippen LogP contribution in [0.3, 0.4) is 0 Å². The Morgan fingerprint density at radius 1 is 1.06 bits per heavy atom. The van der Waals surface area contributed by atoms with Gasteiger partial charge in [-0.05, 0) is 57.2 Å². The molecule has 1 aromatic heterocycles. The lowest BCUT2D eigenvalue weighted by molar-refractivity contribution is -0.137. The minimum absolute atomic E-state index is 0.0195. The number of carbonyl (C=O) groups is 1. The zero-order valence-electron chi connectivity index (χ0n) is 19.0. The van der Waals surface area contributed by atoms with Gasteiger partial charge >= 0.3 is 0 Å². The summed E-state index contributed by atoms with van der Waals surface area (Å²) in [5.74, 6) is 1.37. The van der Waals surface area contributed by atoms with Crippen LogP contribution in [0.15, 0.2) is 27.6 Å². The van der Waals surface area contributed by atoms with Crippen LogP contribution in [0.1, 0.15) is 48.7 Å². The van der Waals surface area contributed by atoms with Crippen molar-refractivity contribution in [3.8, 4) is 11.5 Å². The predicted molar refractivity (Wildman–Crippen MR) is 119 cm³/mol. The Balaban J connectivity index is 1.34. The van der Waals surface area contributed by atoms with Crippen molar-refractivity contribution in [3.63, 3.8) is 0 Å². The number of nitrogens with zero attached hydrogens (tertiary/aromatic N) is 3. The summed E-state index contributed by atoms with van der Waals surface area (Å²) in [5.41, 5.74) is 1.38. The van der Waals surface area contributed by atoms with Gasteiger partial charge in [0, 0.05) is 19.6 Å². The first-order valence-electron chi connectivity index (χ1n) is 11.5. The number of fused-ring (bicyclic) bond motifs is 1. The molecular formula is C23H29N3O6S. The van der Waals surface area contributed by atoms with Crippen molar-refractivity contribution >= 4 is 15.9 Å². The molecule has 0 aliphatic carbocycles. The van der Waals surface area contributed by atoms with Crippen molar-refractivity contribution < 1.29 is 27.2 Å². The average Bonchev–Trinajstić information content (AvgIpc) is 3.45. The molecule has 5 rings (SSSR count). The molecule has 0 bridgehead atoms. The lowest BCUT2D eigenvalue weighted by atomic mass is 9.96. The molecule has 2 saturated heterocycles. The second-order valence-electron chi connectivity index (χ2n) is 8.95. The largest absolute Gasteiger partial charge is 0.486 e. The lowest BCUT2D eigenvalue weighted by Crippen LogP contribution is -2.46. The Morgan fingerprint density at radius 3 is 2.58 bits per heavy atom.